The standard InChI is InChI=1S/C22H29ClN4O3/c23-18-3-1-16(2-4-18)21(29)26-9-7-17(8-10-26)22(30)27-13-11-25(12-14-27)15-20(28)24-19-5-6-19/h1-4,17,19H,5-15H2,(H,24,28). The molecule has 2 heterocycles. The van der Waals surface area contributed by atoms with Crippen LogP contribution >= 0.6 is 11.6 Å². The summed E-state index contributed by atoms with van der Waals surface area (Å²) in [5, 5.41) is 3.63. The maximum atomic E-state index is 12.9. The van der Waals surface area contributed by atoms with E-state index in [1.54, 1.807) is 24.3 Å². The van der Waals surface area contributed by atoms with Gasteiger partial charge in [-0.2, -0.15) is 0 Å². The van der Waals surface area contributed by atoms with Crippen molar-refractivity contribution in [1.82, 2.24) is 20.0 Å². The first-order chi connectivity index (χ1) is 14.5. The van der Waals surface area contributed by atoms with Crippen LogP contribution in [0.15, 0.2) is 24.3 Å². The van der Waals surface area contributed by atoms with Crippen LogP contribution in [-0.2, 0) is 9.59 Å². The summed E-state index contributed by atoms with van der Waals surface area (Å²) < 4.78 is 0. The van der Waals surface area contributed by atoms with Crippen molar-refractivity contribution < 1.29 is 14.4 Å². The van der Waals surface area contributed by atoms with E-state index in [0.29, 0.717) is 62.2 Å². The Kier molecular flexibility index (Phi) is 6.58. The van der Waals surface area contributed by atoms with Crippen LogP contribution in [0.25, 0.3) is 0 Å². The maximum Gasteiger partial charge on any atom is 0.253 e. The van der Waals surface area contributed by atoms with Gasteiger partial charge in [0.25, 0.3) is 5.91 Å². The number of halogens is 1. The first-order valence-corrected chi connectivity index (χ1v) is 11.2. The highest BCUT2D eigenvalue weighted by molar-refractivity contribution is 6.30. The molecule has 0 atom stereocenters. The number of carbonyl (C=O) groups is 3. The zero-order valence-electron chi connectivity index (χ0n) is 17.2. The molecule has 0 spiro atoms. The van der Waals surface area contributed by atoms with Gasteiger partial charge >= 0.3 is 0 Å². The molecule has 30 heavy (non-hydrogen) atoms. The third-order valence-corrected chi connectivity index (χ3v) is 6.47. The second-order valence-electron chi connectivity index (χ2n) is 8.52. The maximum absolute atomic E-state index is 12.9. The molecule has 3 aliphatic rings. The van der Waals surface area contributed by atoms with E-state index < -0.39 is 0 Å². The van der Waals surface area contributed by atoms with Crippen LogP contribution in [0.2, 0.25) is 5.02 Å². The van der Waals surface area contributed by atoms with Crippen molar-refractivity contribution in [3.05, 3.63) is 34.9 Å². The van der Waals surface area contributed by atoms with Crippen molar-refractivity contribution in [3.8, 4) is 0 Å². The number of hydrogen-bond acceptors (Lipinski definition) is 4. The molecule has 0 aromatic heterocycles. The molecule has 1 aliphatic carbocycles. The van der Waals surface area contributed by atoms with Gasteiger partial charge in [0, 0.05) is 61.8 Å². The zero-order valence-corrected chi connectivity index (χ0v) is 17.9. The van der Waals surface area contributed by atoms with Gasteiger partial charge in [0.05, 0.1) is 6.54 Å². The number of nitrogens with zero attached hydrogens (tertiary/aromatic N) is 3. The molecule has 2 aliphatic heterocycles. The van der Waals surface area contributed by atoms with Crippen molar-refractivity contribution in [1.29, 1.82) is 0 Å². The Morgan fingerprint density at radius 3 is 2.10 bits per heavy atom. The third-order valence-electron chi connectivity index (χ3n) is 6.22. The molecule has 4 rings (SSSR count). The molecule has 7 nitrogen and oxygen atoms in total. The van der Waals surface area contributed by atoms with Crippen LogP contribution in [-0.4, -0.2) is 84.3 Å². The number of piperazine rings is 1. The molecule has 0 bridgehead atoms. The Bertz CT molecular complexity index is 780. The molecule has 3 fully saturated rings. The summed E-state index contributed by atoms with van der Waals surface area (Å²) in [5.74, 6) is 0.255. The lowest BCUT2D eigenvalue weighted by Crippen LogP contribution is -2.53. The average molecular weight is 433 g/mol. The van der Waals surface area contributed by atoms with Crippen molar-refractivity contribution in [2.75, 3.05) is 45.8 Å². The fraction of sp³-hybridized carbons (Fsp3) is 0.591. The summed E-state index contributed by atoms with van der Waals surface area (Å²) in [4.78, 5) is 43.4. The molecule has 2 saturated heterocycles. The number of likely N-dealkylation sites (tertiary alicyclic amines) is 1. The topological polar surface area (TPSA) is 73.0 Å². The number of benzene rings is 1. The summed E-state index contributed by atoms with van der Waals surface area (Å²) in [5.41, 5.74) is 0.631. The molecule has 162 valence electrons. The summed E-state index contributed by atoms with van der Waals surface area (Å²) in [7, 11) is 0. The van der Waals surface area contributed by atoms with E-state index in [0.717, 1.165) is 25.9 Å². The van der Waals surface area contributed by atoms with Gasteiger partial charge in [0.1, 0.15) is 0 Å². The van der Waals surface area contributed by atoms with E-state index in [-0.39, 0.29) is 23.6 Å². The fourth-order valence-electron chi connectivity index (χ4n) is 4.19. The van der Waals surface area contributed by atoms with Gasteiger partial charge < -0.3 is 15.1 Å². The fourth-order valence-corrected chi connectivity index (χ4v) is 4.32. The number of hydrogen-bond donors (Lipinski definition) is 1. The number of nitrogens with one attached hydrogen (secondary N) is 1. The van der Waals surface area contributed by atoms with Crippen LogP contribution in [0.3, 0.4) is 0 Å². The van der Waals surface area contributed by atoms with E-state index in [2.05, 4.69) is 10.2 Å². The molecule has 3 amide bonds. The Hall–Kier alpha value is -2.12. The molecule has 1 N–H and O–H groups in total. The predicted molar refractivity (Wildman–Crippen MR) is 114 cm³/mol. The van der Waals surface area contributed by atoms with E-state index in [1.807, 2.05) is 9.80 Å². The molecular formula is C22H29ClN4O3. The summed E-state index contributed by atoms with van der Waals surface area (Å²) in [6.45, 7) is 4.41. The van der Waals surface area contributed by atoms with E-state index >= 15 is 0 Å². The molecule has 8 heteroatoms. The first kappa shape index (κ1) is 21.1. The van der Waals surface area contributed by atoms with Crippen molar-refractivity contribution in [2.45, 2.75) is 31.7 Å². The summed E-state index contributed by atoms with van der Waals surface area (Å²) >= 11 is 5.90. The minimum atomic E-state index is -0.0241. The molecule has 0 unspecified atom stereocenters. The van der Waals surface area contributed by atoms with Crippen LogP contribution < -0.4 is 5.32 Å². The summed E-state index contributed by atoms with van der Waals surface area (Å²) in [6, 6.07) is 7.32. The SMILES string of the molecule is O=C(CN1CCN(C(=O)C2CCN(C(=O)c3ccc(Cl)cc3)CC2)CC1)NC1CC1. The van der Waals surface area contributed by atoms with Gasteiger partial charge in [-0.25, -0.2) is 0 Å². The summed E-state index contributed by atoms with van der Waals surface area (Å²) in [6.07, 6.45) is 3.58. The van der Waals surface area contributed by atoms with Crippen molar-refractivity contribution in [2.24, 2.45) is 5.92 Å². The average Bonchev–Trinajstić information content (AvgIpc) is 3.58. The highest BCUT2D eigenvalue weighted by Gasteiger charge is 2.32. The number of amides is 3. The zero-order chi connectivity index (χ0) is 21.1. The van der Waals surface area contributed by atoms with Crippen LogP contribution in [0, 0.1) is 5.92 Å². The Morgan fingerprint density at radius 1 is 0.867 bits per heavy atom. The van der Waals surface area contributed by atoms with Crippen LogP contribution in [0.4, 0.5) is 0 Å². The smallest absolute Gasteiger partial charge is 0.253 e. The highest BCUT2D eigenvalue weighted by Crippen LogP contribution is 2.23. The van der Waals surface area contributed by atoms with Gasteiger partial charge in [-0.3, -0.25) is 19.3 Å². The lowest BCUT2D eigenvalue weighted by Gasteiger charge is -2.38. The molecule has 1 aromatic carbocycles. The van der Waals surface area contributed by atoms with Gasteiger partial charge in [-0.05, 0) is 49.9 Å². The Balaban J connectivity index is 1.20. The molecule has 0 radical (unpaired) electrons. The van der Waals surface area contributed by atoms with E-state index in [9.17, 15) is 14.4 Å². The van der Waals surface area contributed by atoms with Crippen LogP contribution in [0.1, 0.15) is 36.0 Å². The van der Waals surface area contributed by atoms with Crippen LogP contribution in [0.5, 0.6) is 0 Å². The van der Waals surface area contributed by atoms with Crippen molar-refractivity contribution >= 4 is 29.3 Å². The lowest BCUT2D eigenvalue weighted by atomic mass is 9.94. The lowest BCUT2D eigenvalue weighted by molar-refractivity contribution is -0.138. The second-order valence-corrected chi connectivity index (χ2v) is 8.95. The first-order valence-electron chi connectivity index (χ1n) is 10.8. The molecular weight excluding hydrogens is 404 g/mol. The number of piperidine rings is 1. The molecule has 1 aromatic rings. The normalized spacial score (nSPS) is 20.8. The molecule has 1 saturated carbocycles. The van der Waals surface area contributed by atoms with Gasteiger partial charge in [-0.1, -0.05) is 11.6 Å². The van der Waals surface area contributed by atoms with Crippen molar-refractivity contribution in [3.63, 3.8) is 0 Å². The quantitative estimate of drug-likeness (QED) is 0.767. The largest absolute Gasteiger partial charge is 0.352 e. The monoisotopic (exact) mass is 432 g/mol. The van der Waals surface area contributed by atoms with Gasteiger partial charge in [0.2, 0.25) is 11.8 Å². The predicted octanol–water partition coefficient (Wildman–Crippen LogP) is 1.62. The minimum Gasteiger partial charge on any atom is -0.352 e. The van der Waals surface area contributed by atoms with E-state index in [4.69, 9.17) is 11.6 Å². The highest BCUT2D eigenvalue weighted by atomic mass is 35.5. The second kappa shape index (κ2) is 9.35. The Labute approximate surface area is 182 Å². The number of carbonyl (C=O) groups excluding carboxylic acids is 3. The number of rotatable bonds is 5. The third kappa shape index (κ3) is 5.32. The van der Waals surface area contributed by atoms with Gasteiger partial charge in [0.15, 0.2) is 0 Å². The van der Waals surface area contributed by atoms with Gasteiger partial charge in [-0.15, -0.1) is 0 Å². The van der Waals surface area contributed by atoms with E-state index in [1.165, 1.54) is 0 Å². The Morgan fingerprint density at radius 2 is 1.50 bits per heavy atom. The minimum absolute atomic E-state index is 0.00402.